The minimum Gasteiger partial charge on any atom is -0.299 e. The summed E-state index contributed by atoms with van der Waals surface area (Å²) >= 11 is 3.55. The highest BCUT2D eigenvalue weighted by Crippen LogP contribution is 2.13. The summed E-state index contributed by atoms with van der Waals surface area (Å²) in [6.45, 7) is 2.25. The van der Waals surface area contributed by atoms with Crippen LogP contribution in [0.15, 0.2) is 0 Å². The molecule has 0 saturated carbocycles. The van der Waals surface area contributed by atoms with Crippen molar-refractivity contribution in [3.63, 3.8) is 0 Å². The lowest BCUT2D eigenvalue weighted by atomic mass is 10.0. The molecule has 4 heteroatoms. The summed E-state index contributed by atoms with van der Waals surface area (Å²) < 4.78 is 0. The molecule has 0 spiro atoms. The average Bonchev–Trinajstić information content (AvgIpc) is 2.51. The van der Waals surface area contributed by atoms with Gasteiger partial charge in [-0.05, 0) is 6.42 Å². The number of hydrogen-bond acceptors (Lipinski definition) is 3. The summed E-state index contributed by atoms with van der Waals surface area (Å²) in [5.74, 6) is -0.354. The van der Waals surface area contributed by atoms with Crippen LogP contribution in [-0.4, -0.2) is 16.7 Å². The number of unbranched alkanes of at least 4 members (excludes halogenated alkanes) is 12. The summed E-state index contributed by atoms with van der Waals surface area (Å²) in [6, 6.07) is 0. The summed E-state index contributed by atoms with van der Waals surface area (Å²) in [5.41, 5.74) is 0. The quantitative estimate of drug-likeness (QED) is 0.191. The highest BCUT2D eigenvalue weighted by molar-refractivity contribution is 7.96. The lowest BCUT2D eigenvalue weighted by Crippen LogP contribution is -2.09. The average molecular weight is 357 g/mol. The molecule has 0 aliphatic rings. The fraction of sp³-hybridized carbons (Fsp3) is 0.850. The third-order valence-electron chi connectivity index (χ3n) is 4.30. The van der Waals surface area contributed by atoms with Crippen LogP contribution in [0.5, 0.6) is 0 Å². The van der Waals surface area contributed by atoms with Gasteiger partial charge in [0, 0.05) is 6.42 Å². The van der Waals surface area contributed by atoms with Gasteiger partial charge in [0.1, 0.15) is 11.6 Å². The number of thiol groups is 1. The Balaban J connectivity index is 3.26. The first-order valence-corrected chi connectivity index (χ1v) is 10.3. The van der Waals surface area contributed by atoms with E-state index in [0.717, 1.165) is 12.8 Å². The second-order valence-corrected chi connectivity index (χ2v) is 7.32. The van der Waals surface area contributed by atoms with Crippen LogP contribution < -0.4 is 0 Å². The molecule has 0 aliphatic heterocycles. The predicted octanol–water partition coefficient (Wildman–Crippen LogP) is 5.84. The maximum Gasteiger partial charge on any atom is 0.193 e. The van der Waals surface area contributed by atoms with Gasteiger partial charge in [-0.3, -0.25) is 14.4 Å². The van der Waals surface area contributed by atoms with Gasteiger partial charge in [0.15, 0.2) is 5.12 Å². The lowest BCUT2D eigenvalue weighted by Gasteiger charge is -2.03. The zero-order valence-corrected chi connectivity index (χ0v) is 16.4. The molecule has 0 radical (unpaired) electrons. The van der Waals surface area contributed by atoms with Crippen molar-refractivity contribution in [3.05, 3.63) is 0 Å². The molecule has 0 amide bonds. The predicted molar refractivity (Wildman–Crippen MR) is 104 cm³/mol. The maximum atomic E-state index is 11.6. The van der Waals surface area contributed by atoms with Gasteiger partial charge >= 0.3 is 0 Å². The van der Waals surface area contributed by atoms with Gasteiger partial charge in [0.25, 0.3) is 0 Å². The van der Waals surface area contributed by atoms with Crippen LogP contribution in [0, 0.1) is 0 Å². The van der Waals surface area contributed by atoms with Crippen molar-refractivity contribution < 1.29 is 14.4 Å². The molecule has 0 fully saturated rings. The van der Waals surface area contributed by atoms with Gasteiger partial charge < -0.3 is 0 Å². The van der Waals surface area contributed by atoms with Crippen LogP contribution in [0.25, 0.3) is 0 Å². The maximum absolute atomic E-state index is 11.6. The summed E-state index contributed by atoms with van der Waals surface area (Å²) in [6.07, 6.45) is 16.7. The van der Waals surface area contributed by atoms with E-state index in [1.54, 1.807) is 0 Å². The van der Waals surface area contributed by atoms with Crippen LogP contribution >= 0.6 is 12.6 Å². The van der Waals surface area contributed by atoms with Crippen molar-refractivity contribution in [1.29, 1.82) is 0 Å². The summed E-state index contributed by atoms with van der Waals surface area (Å²) in [4.78, 5) is 33.5. The minimum absolute atomic E-state index is 0.0438. The molecule has 140 valence electrons. The molecule has 0 heterocycles. The molecule has 3 nitrogen and oxygen atoms in total. The molecule has 0 bridgehead atoms. The molecule has 0 aromatic rings. The van der Waals surface area contributed by atoms with Crippen molar-refractivity contribution in [2.75, 3.05) is 0 Å². The Morgan fingerprint density at radius 2 is 1.00 bits per heavy atom. The third-order valence-corrected chi connectivity index (χ3v) is 4.46. The molecule has 0 saturated heterocycles. The Morgan fingerprint density at radius 3 is 1.42 bits per heavy atom. The second kappa shape index (κ2) is 17.2. The molecular weight excluding hydrogens is 320 g/mol. The van der Waals surface area contributed by atoms with Crippen molar-refractivity contribution in [3.8, 4) is 0 Å². The highest BCUT2D eigenvalue weighted by atomic mass is 32.1. The topological polar surface area (TPSA) is 51.2 Å². The summed E-state index contributed by atoms with van der Waals surface area (Å²) in [5, 5.41) is -0.464. The van der Waals surface area contributed by atoms with Gasteiger partial charge in [-0.1, -0.05) is 84.0 Å². The smallest absolute Gasteiger partial charge is 0.193 e. The van der Waals surface area contributed by atoms with Gasteiger partial charge in [-0.15, -0.1) is 12.6 Å². The first-order valence-electron chi connectivity index (χ1n) is 9.81. The number of carbonyl (C=O) groups is 3. The Bertz CT molecular complexity index is 353. The van der Waals surface area contributed by atoms with Crippen LogP contribution in [0.2, 0.25) is 0 Å². The van der Waals surface area contributed by atoms with E-state index in [2.05, 4.69) is 19.6 Å². The molecule has 0 aromatic carbocycles. The number of Topliss-reactive ketones (excluding diaryl/α,β-unsaturated/α-hetero) is 2. The molecule has 0 aromatic heterocycles. The van der Waals surface area contributed by atoms with Gasteiger partial charge in [0.05, 0.1) is 12.8 Å². The van der Waals surface area contributed by atoms with E-state index >= 15 is 0 Å². The Labute approximate surface area is 153 Å². The van der Waals surface area contributed by atoms with Crippen molar-refractivity contribution in [1.82, 2.24) is 0 Å². The van der Waals surface area contributed by atoms with Crippen LogP contribution in [0.1, 0.15) is 110 Å². The number of hydrogen-bond donors (Lipinski definition) is 1. The van der Waals surface area contributed by atoms with Crippen LogP contribution in [0.3, 0.4) is 0 Å². The number of rotatable bonds is 18. The van der Waals surface area contributed by atoms with Crippen molar-refractivity contribution in [2.24, 2.45) is 0 Å². The van der Waals surface area contributed by atoms with E-state index in [1.165, 1.54) is 70.6 Å². The normalized spacial score (nSPS) is 10.8. The molecule has 0 atom stereocenters. The van der Waals surface area contributed by atoms with E-state index in [4.69, 9.17) is 0 Å². The molecule has 0 N–H and O–H groups in total. The molecule has 24 heavy (non-hydrogen) atoms. The lowest BCUT2D eigenvalue weighted by molar-refractivity contribution is -0.128. The van der Waals surface area contributed by atoms with E-state index in [0.29, 0.717) is 6.42 Å². The van der Waals surface area contributed by atoms with E-state index in [9.17, 15) is 14.4 Å². The van der Waals surface area contributed by atoms with Gasteiger partial charge in [-0.2, -0.15) is 0 Å². The molecule has 0 aliphatic carbocycles. The highest BCUT2D eigenvalue weighted by Gasteiger charge is 2.11. The zero-order valence-electron chi connectivity index (χ0n) is 15.5. The first-order chi connectivity index (χ1) is 11.6. The van der Waals surface area contributed by atoms with Gasteiger partial charge in [0.2, 0.25) is 0 Å². The monoisotopic (exact) mass is 356 g/mol. The zero-order chi connectivity index (χ0) is 18.0. The SMILES string of the molecule is CCCCCCCCCCCCCCCC(=O)CC(=O)CC(=O)S. The van der Waals surface area contributed by atoms with E-state index < -0.39 is 5.12 Å². The minimum atomic E-state index is -0.464. The largest absolute Gasteiger partial charge is 0.299 e. The molecule has 0 rings (SSSR count). The van der Waals surface area contributed by atoms with Gasteiger partial charge in [-0.25, -0.2) is 0 Å². The van der Waals surface area contributed by atoms with Crippen LogP contribution in [-0.2, 0) is 14.4 Å². The Hall–Kier alpha value is -0.640. The first kappa shape index (κ1) is 23.4. The van der Waals surface area contributed by atoms with Crippen LogP contribution in [0.4, 0.5) is 0 Å². The standard InChI is InChI=1S/C20H36O3S/c1-2-3-4-5-6-7-8-9-10-11-12-13-14-15-18(21)16-19(22)17-20(23)24/h2-17H2,1H3,(H,23,24). The second-order valence-electron chi connectivity index (χ2n) is 6.82. The summed E-state index contributed by atoms with van der Waals surface area (Å²) in [7, 11) is 0. The Kier molecular flexibility index (Phi) is 16.7. The molecular formula is C20H36O3S. The van der Waals surface area contributed by atoms with Crippen molar-refractivity contribution in [2.45, 2.75) is 110 Å². The van der Waals surface area contributed by atoms with Crippen molar-refractivity contribution >= 4 is 29.3 Å². The number of carbonyl (C=O) groups excluding carboxylic acids is 3. The third kappa shape index (κ3) is 17.7. The number of ketones is 2. The van der Waals surface area contributed by atoms with E-state index in [-0.39, 0.29) is 24.4 Å². The van der Waals surface area contributed by atoms with E-state index in [1.807, 2.05) is 0 Å². The Morgan fingerprint density at radius 1 is 0.583 bits per heavy atom. The molecule has 0 unspecified atom stereocenters. The fourth-order valence-corrected chi connectivity index (χ4v) is 3.06. The fourth-order valence-electron chi connectivity index (χ4n) is 2.88.